The number of carboxylic acids is 1. The molecule has 0 saturated heterocycles. The van der Waals surface area contributed by atoms with Gasteiger partial charge in [0.1, 0.15) is 12.2 Å². The van der Waals surface area contributed by atoms with Crippen LogP contribution in [0.3, 0.4) is 0 Å². The van der Waals surface area contributed by atoms with E-state index in [0.29, 0.717) is 17.4 Å². The molecular formula is C16H11N3O3S. The van der Waals surface area contributed by atoms with Gasteiger partial charge in [0.05, 0.1) is 4.88 Å². The molecule has 114 valence electrons. The Kier molecular flexibility index (Phi) is 3.20. The zero-order chi connectivity index (χ0) is 15.8. The lowest BCUT2D eigenvalue weighted by Crippen LogP contribution is -2.09. The molecule has 0 amide bonds. The van der Waals surface area contributed by atoms with Gasteiger partial charge < -0.3 is 14.2 Å². The predicted molar refractivity (Wildman–Crippen MR) is 86.2 cm³/mol. The molecule has 0 aliphatic heterocycles. The number of hydrogen-bond donors (Lipinski definition) is 1. The summed E-state index contributed by atoms with van der Waals surface area (Å²) in [5.41, 5.74) is 1.42. The fraction of sp³-hybridized carbons (Fsp3) is 0.0625. The largest absolute Gasteiger partial charge is 0.480 e. The molecule has 4 rings (SSSR count). The number of thiophene rings is 1. The maximum Gasteiger partial charge on any atom is 0.323 e. The standard InChI is InChI=1S/C16H11N3O3S/c20-14(21)9-19-11-5-2-1-4-10(11)8-12(19)16-17-15(18-22-16)13-6-3-7-23-13/h1-8H,9H2,(H,20,21). The second-order valence-electron chi connectivity index (χ2n) is 4.97. The number of carbonyl (C=O) groups is 1. The number of benzene rings is 1. The minimum absolute atomic E-state index is 0.167. The van der Waals surface area contributed by atoms with E-state index in [1.165, 1.54) is 11.3 Å². The number of fused-ring (bicyclic) bond motifs is 1. The van der Waals surface area contributed by atoms with Crippen molar-refractivity contribution in [2.45, 2.75) is 6.54 Å². The van der Waals surface area contributed by atoms with Gasteiger partial charge in [0, 0.05) is 10.9 Å². The van der Waals surface area contributed by atoms with E-state index in [0.717, 1.165) is 15.8 Å². The van der Waals surface area contributed by atoms with Crippen molar-refractivity contribution in [2.24, 2.45) is 0 Å². The van der Waals surface area contributed by atoms with Crippen molar-refractivity contribution in [2.75, 3.05) is 0 Å². The second kappa shape index (κ2) is 5.36. The number of carboxylic acid groups (broad SMARTS) is 1. The third kappa shape index (κ3) is 2.40. The van der Waals surface area contributed by atoms with Crippen molar-refractivity contribution in [1.82, 2.24) is 14.7 Å². The highest BCUT2D eigenvalue weighted by Crippen LogP contribution is 2.29. The summed E-state index contributed by atoms with van der Waals surface area (Å²) in [4.78, 5) is 16.5. The Morgan fingerprint density at radius 3 is 2.91 bits per heavy atom. The van der Waals surface area contributed by atoms with E-state index in [4.69, 9.17) is 4.52 Å². The van der Waals surface area contributed by atoms with Gasteiger partial charge in [-0.15, -0.1) is 11.3 Å². The zero-order valence-corrected chi connectivity index (χ0v) is 12.7. The molecule has 0 spiro atoms. The molecule has 0 radical (unpaired) electrons. The Morgan fingerprint density at radius 2 is 2.13 bits per heavy atom. The highest BCUT2D eigenvalue weighted by molar-refractivity contribution is 7.13. The Hall–Kier alpha value is -2.93. The fourth-order valence-electron chi connectivity index (χ4n) is 2.53. The average molecular weight is 325 g/mol. The molecule has 0 aliphatic carbocycles. The second-order valence-corrected chi connectivity index (χ2v) is 5.92. The molecule has 0 saturated carbocycles. The molecule has 23 heavy (non-hydrogen) atoms. The van der Waals surface area contributed by atoms with E-state index in [1.807, 2.05) is 47.8 Å². The topological polar surface area (TPSA) is 81.1 Å². The van der Waals surface area contributed by atoms with E-state index >= 15 is 0 Å². The molecule has 1 N–H and O–H groups in total. The molecular weight excluding hydrogens is 314 g/mol. The maximum absolute atomic E-state index is 11.2. The van der Waals surface area contributed by atoms with Crippen LogP contribution in [0, 0.1) is 0 Å². The lowest BCUT2D eigenvalue weighted by molar-refractivity contribution is -0.137. The number of para-hydroxylation sites is 1. The van der Waals surface area contributed by atoms with Crippen LogP contribution in [-0.2, 0) is 11.3 Å². The Balaban J connectivity index is 1.86. The minimum atomic E-state index is -0.925. The molecule has 0 fully saturated rings. The number of rotatable bonds is 4. The van der Waals surface area contributed by atoms with Gasteiger partial charge in [-0.25, -0.2) is 0 Å². The summed E-state index contributed by atoms with van der Waals surface area (Å²) in [5, 5.41) is 16.0. The zero-order valence-electron chi connectivity index (χ0n) is 11.8. The first-order valence-corrected chi connectivity index (χ1v) is 7.78. The molecule has 1 aromatic carbocycles. The van der Waals surface area contributed by atoms with Crippen LogP contribution in [-0.4, -0.2) is 25.8 Å². The molecule has 7 heteroatoms. The molecule has 0 aliphatic rings. The lowest BCUT2D eigenvalue weighted by atomic mass is 10.2. The normalized spacial score (nSPS) is 11.1. The molecule has 6 nitrogen and oxygen atoms in total. The van der Waals surface area contributed by atoms with Gasteiger partial charge in [-0.05, 0) is 23.6 Å². The molecule has 0 bridgehead atoms. The van der Waals surface area contributed by atoms with Gasteiger partial charge in [-0.2, -0.15) is 4.98 Å². The molecule has 3 heterocycles. The van der Waals surface area contributed by atoms with E-state index in [1.54, 1.807) is 4.57 Å². The van der Waals surface area contributed by atoms with E-state index in [2.05, 4.69) is 10.1 Å². The summed E-state index contributed by atoms with van der Waals surface area (Å²) in [5.74, 6) is -0.112. The third-order valence-electron chi connectivity index (χ3n) is 3.49. The summed E-state index contributed by atoms with van der Waals surface area (Å²) in [6, 6.07) is 13.3. The van der Waals surface area contributed by atoms with E-state index in [-0.39, 0.29) is 6.54 Å². The van der Waals surface area contributed by atoms with Crippen molar-refractivity contribution >= 4 is 28.2 Å². The van der Waals surface area contributed by atoms with Crippen molar-refractivity contribution < 1.29 is 14.4 Å². The first-order valence-electron chi connectivity index (χ1n) is 6.90. The molecule has 0 unspecified atom stereocenters. The summed E-state index contributed by atoms with van der Waals surface area (Å²) in [6.07, 6.45) is 0. The van der Waals surface area contributed by atoms with Crippen molar-refractivity contribution in [1.29, 1.82) is 0 Å². The Labute approximate surface area is 134 Å². The van der Waals surface area contributed by atoms with Crippen LogP contribution in [0.1, 0.15) is 0 Å². The molecule has 0 atom stereocenters. The fourth-order valence-corrected chi connectivity index (χ4v) is 3.18. The van der Waals surface area contributed by atoms with Crippen LogP contribution < -0.4 is 0 Å². The Morgan fingerprint density at radius 1 is 1.26 bits per heavy atom. The van der Waals surface area contributed by atoms with Crippen molar-refractivity contribution in [3.63, 3.8) is 0 Å². The Bertz CT molecular complexity index is 985. The van der Waals surface area contributed by atoms with Crippen molar-refractivity contribution in [3.8, 4) is 22.3 Å². The highest BCUT2D eigenvalue weighted by Gasteiger charge is 2.18. The predicted octanol–water partition coefficient (Wildman–Crippen LogP) is 3.50. The van der Waals surface area contributed by atoms with Gasteiger partial charge in [0.25, 0.3) is 5.89 Å². The van der Waals surface area contributed by atoms with E-state index in [9.17, 15) is 9.90 Å². The summed E-state index contributed by atoms with van der Waals surface area (Å²) in [7, 11) is 0. The number of aliphatic carboxylic acids is 1. The first-order chi connectivity index (χ1) is 11.2. The summed E-state index contributed by atoms with van der Waals surface area (Å²) < 4.78 is 7.03. The van der Waals surface area contributed by atoms with Gasteiger partial charge >= 0.3 is 5.97 Å². The molecule has 3 aromatic heterocycles. The van der Waals surface area contributed by atoms with Gasteiger partial charge in [0.2, 0.25) is 5.82 Å². The SMILES string of the molecule is O=C(O)Cn1c(-c2nc(-c3cccs3)no2)cc2ccccc21. The third-order valence-corrected chi connectivity index (χ3v) is 4.36. The number of nitrogens with zero attached hydrogens (tertiary/aromatic N) is 3. The van der Waals surface area contributed by atoms with Crippen LogP contribution in [0.4, 0.5) is 0 Å². The van der Waals surface area contributed by atoms with Crippen molar-refractivity contribution in [3.05, 3.63) is 47.8 Å². The van der Waals surface area contributed by atoms with Crippen LogP contribution >= 0.6 is 11.3 Å². The van der Waals surface area contributed by atoms with Gasteiger partial charge in [0.15, 0.2) is 0 Å². The van der Waals surface area contributed by atoms with Crippen LogP contribution in [0.5, 0.6) is 0 Å². The van der Waals surface area contributed by atoms with Crippen LogP contribution in [0.2, 0.25) is 0 Å². The highest BCUT2D eigenvalue weighted by atomic mass is 32.1. The smallest absolute Gasteiger partial charge is 0.323 e. The van der Waals surface area contributed by atoms with Gasteiger partial charge in [-0.1, -0.05) is 29.4 Å². The monoisotopic (exact) mass is 325 g/mol. The number of aromatic nitrogens is 3. The quantitative estimate of drug-likeness (QED) is 0.621. The minimum Gasteiger partial charge on any atom is -0.480 e. The first kappa shape index (κ1) is 13.7. The lowest BCUT2D eigenvalue weighted by Gasteiger charge is -2.04. The maximum atomic E-state index is 11.2. The molecule has 4 aromatic rings. The van der Waals surface area contributed by atoms with Crippen LogP contribution in [0.25, 0.3) is 33.2 Å². The van der Waals surface area contributed by atoms with E-state index < -0.39 is 5.97 Å². The average Bonchev–Trinajstić information content (AvgIpc) is 3.26. The number of hydrogen-bond acceptors (Lipinski definition) is 5. The van der Waals surface area contributed by atoms with Gasteiger partial charge in [-0.3, -0.25) is 4.79 Å². The summed E-state index contributed by atoms with van der Waals surface area (Å²) in [6.45, 7) is -0.167. The summed E-state index contributed by atoms with van der Waals surface area (Å²) >= 11 is 1.52. The van der Waals surface area contributed by atoms with Crippen LogP contribution in [0.15, 0.2) is 52.4 Å².